The van der Waals surface area contributed by atoms with Crippen molar-refractivity contribution >= 4 is 0 Å². The Bertz CT molecular complexity index is 350. The fraction of sp³-hybridized carbons (Fsp3) is 0.111. The summed E-state index contributed by atoms with van der Waals surface area (Å²) in [6, 6.07) is 5.49. The second kappa shape index (κ2) is 3.39. The first-order chi connectivity index (χ1) is 5.34. The van der Waals surface area contributed by atoms with Gasteiger partial charge in [-0.3, -0.25) is 0 Å². The lowest BCUT2D eigenvalue weighted by Crippen LogP contribution is -1.84. The maximum absolute atomic E-state index is 8.17. The van der Waals surface area contributed by atoms with Crippen molar-refractivity contribution < 1.29 is 0 Å². The van der Waals surface area contributed by atoms with Gasteiger partial charge in [0.15, 0.2) is 6.07 Å². The minimum Gasteiger partial charge on any atom is -0.247 e. The van der Waals surface area contributed by atoms with Crippen LogP contribution in [0.5, 0.6) is 0 Å². The Labute approximate surface area is 65.5 Å². The summed E-state index contributed by atoms with van der Waals surface area (Å²) in [6.45, 7) is 1.91. The van der Waals surface area contributed by atoms with Gasteiger partial charge in [0.1, 0.15) is 5.69 Å². The monoisotopic (exact) mass is 142 g/mol. The number of aromatic nitrogens is 1. The first kappa shape index (κ1) is 7.31. The van der Waals surface area contributed by atoms with E-state index in [4.69, 9.17) is 5.26 Å². The molecule has 11 heavy (non-hydrogen) atoms. The van der Waals surface area contributed by atoms with E-state index in [2.05, 4.69) is 16.8 Å². The van der Waals surface area contributed by atoms with Gasteiger partial charge in [-0.05, 0) is 24.5 Å². The largest absolute Gasteiger partial charge is 0.247 e. The van der Waals surface area contributed by atoms with Gasteiger partial charge in [-0.15, -0.1) is 0 Å². The zero-order valence-electron chi connectivity index (χ0n) is 6.13. The van der Waals surface area contributed by atoms with Crippen LogP contribution < -0.4 is 0 Å². The normalized spacial score (nSPS) is 7.64. The molecule has 0 aliphatic rings. The van der Waals surface area contributed by atoms with Crippen LogP contribution in [0, 0.1) is 30.1 Å². The number of hydrogen-bond donors (Lipinski definition) is 0. The van der Waals surface area contributed by atoms with E-state index in [0.717, 1.165) is 5.56 Å². The molecule has 0 N–H and O–H groups in total. The highest BCUT2D eigenvalue weighted by molar-refractivity contribution is 5.37. The van der Waals surface area contributed by atoms with Crippen LogP contribution in [-0.2, 0) is 0 Å². The molecule has 0 amide bonds. The van der Waals surface area contributed by atoms with E-state index in [0.29, 0.717) is 5.69 Å². The SMILES string of the molecule is Cc1cccnc1C#CC#N. The fourth-order valence-corrected chi connectivity index (χ4v) is 0.704. The standard InChI is InChI=1S/C9H6N2/c1-8-4-3-7-11-9(8)5-2-6-10/h3-4,7H,1H3. The van der Waals surface area contributed by atoms with E-state index in [9.17, 15) is 0 Å². The van der Waals surface area contributed by atoms with Gasteiger partial charge < -0.3 is 0 Å². The number of hydrogen-bond acceptors (Lipinski definition) is 2. The minimum atomic E-state index is 0.675. The molecule has 1 aromatic heterocycles. The number of pyridine rings is 1. The minimum absolute atomic E-state index is 0.675. The van der Waals surface area contributed by atoms with Crippen LogP contribution in [-0.4, -0.2) is 4.98 Å². The topological polar surface area (TPSA) is 36.7 Å². The van der Waals surface area contributed by atoms with E-state index in [1.54, 1.807) is 12.3 Å². The van der Waals surface area contributed by atoms with Crippen molar-refractivity contribution in [2.24, 2.45) is 0 Å². The molecule has 0 aliphatic heterocycles. The van der Waals surface area contributed by atoms with Crippen molar-refractivity contribution in [3.05, 3.63) is 29.6 Å². The lowest BCUT2D eigenvalue weighted by molar-refractivity contribution is 1.23. The fourth-order valence-electron chi connectivity index (χ4n) is 0.704. The molecule has 0 atom stereocenters. The van der Waals surface area contributed by atoms with Crippen LogP contribution in [0.2, 0.25) is 0 Å². The molecule has 0 unspecified atom stereocenters. The average molecular weight is 142 g/mol. The van der Waals surface area contributed by atoms with Gasteiger partial charge in [0, 0.05) is 12.1 Å². The Balaban J connectivity index is 3.07. The number of aryl methyl sites for hydroxylation is 1. The van der Waals surface area contributed by atoms with Crippen molar-refractivity contribution in [3.8, 4) is 17.9 Å². The molecule has 0 radical (unpaired) electrons. The highest BCUT2D eigenvalue weighted by Crippen LogP contribution is 1.99. The van der Waals surface area contributed by atoms with Crippen LogP contribution in [0.4, 0.5) is 0 Å². The van der Waals surface area contributed by atoms with Gasteiger partial charge in [0.05, 0.1) is 0 Å². The van der Waals surface area contributed by atoms with Gasteiger partial charge >= 0.3 is 0 Å². The molecule has 0 aliphatic carbocycles. The number of nitrogens with zero attached hydrogens (tertiary/aromatic N) is 2. The molecule has 2 heteroatoms. The van der Waals surface area contributed by atoms with Crippen molar-refractivity contribution in [2.75, 3.05) is 0 Å². The molecule has 2 nitrogen and oxygen atoms in total. The third-order valence-corrected chi connectivity index (χ3v) is 1.25. The summed E-state index contributed by atoms with van der Waals surface area (Å²) in [5.41, 5.74) is 1.67. The Morgan fingerprint density at radius 3 is 3.00 bits per heavy atom. The van der Waals surface area contributed by atoms with E-state index in [1.165, 1.54) is 0 Å². The van der Waals surface area contributed by atoms with Crippen molar-refractivity contribution in [3.63, 3.8) is 0 Å². The molecule has 0 fully saturated rings. The Morgan fingerprint density at radius 2 is 2.36 bits per heavy atom. The summed E-state index contributed by atoms with van der Waals surface area (Å²) in [5, 5.41) is 8.17. The second-order valence-electron chi connectivity index (χ2n) is 2.03. The molecule has 1 aromatic rings. The van der Waals surface area contributed by atoms with Crippen LogP contribution in [0.3, 0.4) is 0 Å². The highest BCUT2D eigenvalue weighted by Gasteiger charge is 1.90. The molecule has 0 bridgehead atoms. The molecule has 1 heterocycles. The van der Waals surface area contributed by atoms with Crippen LogP contribution >= 0.6 is 0 Å². The van der Waals surface area contributed by atoms with E-state index in [1.807, 2.05) is 19.1 Å². The zero-order chi connectivity index (χ0) is 8.10. The average Bonchev–Trinajstić information content (AvgIpc) is 2.03. The van der Waals surface area contributed by atoms with Gasteiger partial charge in [-0.2, -0.15) is 5.26 Å². The van der Waals surface area contributed by atoms with E-state index < -0.39 is 0 Å². The summed E-state index contributed by atoms with van der Waals surface area (Å²) in [4.78, 5) is 3.99. The predicted octanol–water partition coefficient (Wildman–Crippen LogP) is 1.27. The summed E-state index contributed by atoms with van der Waals surface area (Å²) < 4.78 is 0. The van der Waals surface area contributed by atoms with Crippen molar-refractivity contribution in [2.45, 2.75) is 6.92 Å². The molecule has 1 rings (SSSR count). The van der Waals surface area contributed by atoms with Crippen molar-refractivity contribution in [1.82, 2.24) is 4.98 Å². The smallest absolute Gasteiger partial charge is 0.152 e. The molecule has 52 valence electrons. The summed E-state index contributed by atoms with van der Waals surface area (Å²) in [5.74, 6) is 4.94. The van der Waals surface area contributed by atoms with Crippen LogP contribution in [0.15, 0.2) is 18.3 Å². The van der Waals surface area contributed by atoms with Gasteiger partial charge in [0.2, 0.25) is 0 Å². The predicted molar refractivity (Wildman–Crippen MR) is 41.5 cm³/mol. The van der Waals surface area contributed by atoms with Gasteiger partial charge in [0.25, 0.3) is 0 Å². The quantitative estimate of drug-likeness (QED) is 0.511. The first-order valence-electron chi connectivity index (χ1n) is 3.16. The maximum Gasteiger partial charge on any atom is 0.152 e. The molecular formula is C9H6N2. The molecule has 0 saturated heterocycles. The highest BCUT2D eigenvalue weighted by atomic mass is 14.7. The van der Waals surface area contributed by atoms with Crippen LogP contribution in [0.1, 0.15) is 11.3 Å². The van der Waals surface area contributed by atoms with E-state index >= 15 is 0 Å². The number of rotatable bonds is 0. The lowest BCUT2D eigenvalue weighted by atomic mass is 10.2. The molecule has 0 saturated carbocycles. The Hall–Kier alpha value is -1.80. The molecular weight excluding hydrogens is 136 g/mol. The summed E-state index contributed by atoms with van der Waals surface area (Å²) in [6.07, 6.45) is 1.66. The zero-order valence-corrected chi connectivity index (χ0v) is 6.13. The lowest BCUT2D eigenvalue weighted by Gasteiger charge is -1.91. The third kappa shape index (κ3) is 1.81. The summed E-state index contributed by atoms with van der Waals surface area (Å²) in [7, 11) is 0. The first-order valence-corrected chi connectivity index (χ1v) is 3.16. The van der Waals surface area contributed by atoms with E-state index in [-0.39, 0.29) is 0 Å². The van der Waals surface area contributed by atoms with Gasteiger partial charge in [-0.25, -0.2) is 4.98 Å². The molecule has 0 spiro atoms. The summed E-state index contributed by atoms with van der Waals surface area (Å²) >= 11 is 0. The maximum atomic E-state index is 8.17. The van der Waals surface area contributed by atoms with Gasteiger partial charge in [-0.1, -0.05) is 6.07 Å². The third-order valence-electron chi connectivity index (χ3n) is 1.25. The second-order valence-corrected chi connectivity index (χ2v) is 2.03. The Morgan fingerprint density at radius 1 is 1.55 bits per heavy atom. The molecule has 0 aromatic carbocycles. The Kier molecular flexibility index (Phi) is 2.25. The number of nitriles is 1. The van der Waals surface area contributed by atoms with Crippen LogP contribution in [0.25, 0.3) is 0 Å². The van der Waals surface area contributed by atoms with Crippen molar-refractivity contribution in [1.29, 1.82) is 5.26 Å².